The van der Waals surface area contributed by atoms with Crippen molar-refractivity contribution in [2.75, 3.05) is 20.3 Å². The third kappa shape index (κ3) is 4.63. The van der Waals surface area contributed by atoms with Crippen molar-refractivity contribution in [2.45, 2.75) is 0 Å². The molecule has 3 aromatic rings. The van der Waals surface area contributed by atoms with Crippen molar-refractivity contribution in [2.24, 2.45) is 0 Å². The molecule has 0 spiro atoms. The molecule has 3 aromatic carbocycles. The van der Waals surface area contributed by atoms with Crippen LogP contribution in [0.25, 0.3) is 11.1 Å². The number of methoxy groups -OCH3 is 1. The van der Waals surface area contributed by atoms with Crippen molar-refractivity contribution >= 4 is 5.91 Å². The summed E-state index contributed by atoms with van der Waals surface area (Å²) in [7, 11) is 1.65. The molecular formula is C22H21NO3. The Morgan fingerprint density at radius 2 is 1.42 bits per heavy atom. The number of rotatable bonds is 7. The maximum Gasteiger partial charge on any atom is 0.251 e. The molecule has 0 fully saturated rings. The number of carbonyl (C=O) groups is 1. The fraction of sp³-hybridized carbons (Fsp3) is 0.136. The minimum absolute atomic E-state index is 0.108. The van der Waals surface area contributed by atoms with Gasteiger partial charge in [-0.15, -0.1) is 0 Å². The van der Waals surface area contributed by atoms with Crippen LogP contribution in [0.3, 0.4) is 0 Å². The van der Waals surface area contributed by atoms with Crippen molar-refractivity contribution in [1.82, 2.24) is 5.32 Å². The van der Waals surface area contributed by atoms with Gasteiger partial charge in [-0.25, -0.2) is 0 Å². The first-order valence-electron chi connectivity index (χ1n) is 8.47. The summed E-state index contributed by atoms with van der Waals surface area (Å²) in [4.78, 5) is 12.2. The van der Waals surface area contributed by atoms with Crippen LogP contribution < -0.4 is 14.8 Å². The molecule has 1 N–H and O–H groups in total. The van der Waals surface area contributed by atoms with Crippen molar-refractivity contribution in [3.63, 3.8) is 0 Å². The molecule has 132 valence electrons. The predicted octanol–water partition coefficient (Wildman–Crippen LogP) is 4.17. The minimum atomic E-state index is -0.108. The van der Waals surface area contributed by atoms with Crippen LogP contribution in [0.5, 0.6) is 11.5 Å². The molecule has 0 saturated carbocycles. The van der Waals surface area contributed by atoms with Crippen LogP contribution in [0.15, 0.2) is 78.9 Å². The lowest BCUT2D eigenvalue weighted by molar-refractivity contribution is 0.0947. The summed E-state index contributed by atoms with van der Waals surface area (Å²) < 4.78 is 10.7. The summed E-state index contributed by atoms with van der Waals surface area (Å²) >= 11 is 0. The van der Waals surface area contributed by atoms with Crippen LogP contribution in [0.4, 0.5) is 0 Å². The molecule has 0 aliphatic rings. The number of benzene rings is 3. The zero-order chi connectivity index (χ0) is 18.2. The predicted molar refractivity (Wildman–Crippen MR) is 103 cm³/mol. The Morgan fingerprint density at radius 1 is 0.808 bits per heavy atom. The Bertz CT molecular complexity index is 828. The van der Waals surface area contributed by atoms with Crippen molar-refractivity contribution in [1.29, 1.82) is 0 Å². The number of nitrogens with one attached hydrogen (secondary N) is 1. The van der Waals surface area contributed by atoms with Crippen LogP contribution in [0, 0.1) is 0 Å². The Balaban J connectivity index is 1.51. The molecule has 4 heteroatoms. The summed E-state index contributed by atoms with van der Waals surface area (Å²) in [6.45, 7) is 0.883. The van der Waals surface area contributed by atoms with Crippen LogP contribution in [0.1, 0.15) is 10.4 Å². The normalized spacial score (nSPS) is 10.2. The molecule has 0 radical (unpaired) electrons. The van der Waals surface area contributed by atoms with E-state index in [0.29, 0.717) is 18.7 Å². The zero-order valence-corrected chi connectivity index (χ0v) is 14.6. The summed E-state index contributed by atoms with van der Waals surface area (Å²) in [5.74, 6) is 1.51. The summed E-state index contributed by atoms with van der Waals surface area (Å²) in [5, 5.41) is 2.86. The first-order valence-corrected chi connectivity index (χ1v) is 8.47. The van der Waals surface area contributed by atoms with Gasteiger partial charge in [0.15, 0.2) is 0 Å². The van der Waals surface area contributed by atoms with E-state index in [1.807, 2.05) is 78.9 Å². The minimum Gasteiger partial charge on any atom is -0.497 e. The largest absolute Gasteiger partial charge is 0.497 e. The SMILES string of the molecule is COc1ccc(-c2ccc(C(=O)NCCOc3ccccc3)cc2)cc1. The summed E-state index contributed by atoms with van der Waals surface area (Å²) in [6, 6.07) is 24.9. The van der Waals surface area contributed by atoms with Gasteiger partial charge in [0.1, 0.15) is 18.1 Å². The van der Waals surface area contributed by atoms with Gasteiger partial charge in [-0.1, -0.05) is 42.5 Å². The maximum atomic E-state index is 12.2. The first-order chi connectivity index (χ1) is 12.8. The van der Waals surface area contributed by atoms with Gasteiger partial charge in [0.05, 0.1) is 13.7 Å². The zero-order valence-electron chi connectivity index (χ0n) is 14.6. The Hall–Kier alpha value is -3.27. The molecular weight excluding hydrogens is 326 g/mol. The van der Waals surface area contributed by atoms with Crippen molar-refractivity contribution in [3.8, 4) is 22.6 Å². The van der Waals surface area contributed by atoms with Gasteiger partial charge in [0.2, 0.25) is 0 Å². The third-order valence-electron chi connectivity index (χ3n) is 3.97. The first kappa shape index (κ1) is 17.5. The molecule has 0 unspecified atom stereocenters. The van der Waals surface area contributed by atoms with E-state index in [-0.39, 0.29) is 5.91 Å². The fourth-order valence-electron chi connectivity index (χ4n) is 2.55. The van der Waals surface area contributed by atoms with Gasteiger partial charge in [0.25, 0.3) is 5.91 Å². The van der Waals surface area contributed by atoms with Gasteiger partial charge in [-0.05, 0) is 47.5 Å². The van der Waals surface area contributed by atoms with Gasteiger partial charge in [-0.2, -0.15) is 0 Å². The standard InChI is InChI=1S/C22H21NO3/c1-25-20-13-11-18(12-14-20)17-7-9-19(10-8-17)22(24)23-15-16-26-21-5-3-2-4-6-21/h2-14H,15-16H2,1H3,(H,23,24). The number of ether oxygens (including phenoxy) is 2. The smallest absolute Gasteiger partial charge is 0.251 e. The van der Waals surface area contributed by atoms with Crippen molar-refractivity contribution < 1.29 is 14.3 Å². The Kier molecular flexibility index (Phi) is 5.88. The number of para-hydroxylation sites is 1. The van der Waals surface area contributed by atoms with Gasteiger partial charge >= 0.3 is 0 Å². The van der Waals surface area contributed by atoms with E-state index in [4.69, 9.17) is 9.47 Å². The molecule has 0 aliphatic heterocycles. The van der Waals surface area contributed by atoms with Crippen LogP contribution >= 0.6 is 0 Å². The molecule has 0 aromatic heterocycles. The van der Waals surface area contributed by atoms with Crippen LogP contribution in [0.2, 0.25) is 0 Å². The monoisotopic (exact) mass is 347 g/mol. The van der Waals surface area contributed by atoms with E-state index in [0.717, 1.165) is 22.6 Å². The quantitative estimate of drug-likeness (QED) is 0.653. The topological polar surface area (TPSA) is 47.6 Å². The Labute approximate surface area is 153 Å². The summed E-state index contributed by atoms with van der Waals surface area (Å²) in [6.07, 6.45) is 0. The highest BCUT2D eigenvalue weighted by Crippen LogP contribution is 2.22. The van der Waals surface area contributed by atoms with Gasteiger partial charge in [-0.3, -0.25) is 4.79 Å². The van der Waals surface area contributed by atoms with E-state index in [1.54, 1.807) is 7.11 Å². The van der Waals surface area contributed by atoms with E-state index in [1.165, 1.54) is 0 Å². The van der Waals surface area contributed by atoms with E-state index >= 15 is 0 Å². The fourth-order valence-corrected chi connectivity index (χ4v) is 2.55. The average Bonchev–Trinajstić information content (AvgIpc) is 2.72. The summed E-state index contributed by atoms with van der Waals surface area (Å²) in [5.41, 5.74) is 2.76. The number of carbonyl (C=O) groups excluding carboxylic acids is 1. The van der Waals surface area contributed by atoms with Crippen molar-refractivity contribution in [3.05, 3.63) is 84.4 Å². The second-order valence-electron chi connectivity index (χ2n) is 5.72. The lowest BCUT2D eigenvalue weighted by atomic mass is 10.0. The number of hydrogen-bond acceptors (Lipinski definition) is 3. The molecule has 0 bridgehead atoms. The van der Waals surface area contributed by atoms with E-state index in [2.05, 4.69) is 5.32 Å². The molecule has 4 nitrogen and oxygen atoms in total. The van der Waals surface area contributed by atoms with E-state index in [9.17, 15) is 4.79 Å². The highest BCUT2D eigenvalue weighted by Gasteiger charge is 2.06. The number of amides is 1. The molecule has 1 amide bonds. The second-order valence-corrected chi connectivity index (χ2v) is 5.72. The number of hydrogen-bond donors (Lipinski definition) is 1. The molecule has 0 heterocycles. The maximum absolute atomic E-state index is 12.2. The third-order valence-corrected chi connectivity index (χ3v) is 3.97. The lowest BCUT2D eigenvalue weighted by Gasteiger charge is -2.08. The average molecular weight is 347 g/mol. The van der Waals surface area contributed by atoms with Gasteiger partial charge < -0.3 is 14.8 Å². The molecule has 0 aliphatic carbocycles. The highest BCUT2D eigenvalue weighted by atomic mass is 16.5. The second kappa shape index (κ2) is 8.72. The van der Waals surface area contributed by atoms with Crippen LogP contribution in [-0.4, -0.2) is 26.2 Å². The molecule has 3 rings (SSSR count). The molecule has 26 heavy (non-hydrogen) atoms. The van der Waals surface area contributed by atoms with Gasteiger partial charge in [0, 0.05) is 5.56 Å². The molecule has 0 atom stereocenters. The lowest BCUT2D eigenvalue weighted by Crippen LogP contribution is -2.28. The van der Waals surface area contributed by atoms with Crippen LogP contribution in [-0.2, 0) is 0 Å². The molecule has 0 saturated heterocycles. The van der Waals surface area contributed by atoms with E-state index < -0.39 is 0 Å². The Morgan fingerprint density at radius 3 is 2.04 bits per heavy atom. The highest BCUT2D eigenvalue weighted by molar-refractivity contribution is 5.94.